The third-order valence-corrected chi connectivity index (χ3v) is 8.28. The van der Waals surface area contributed by atoms with Gasteiger partial charge in [0.15, 0.2) is 0 Å². The van der Waals surface area contributed by atoms with E-state index in [2.05, 4.69) is 127 Å². The molecule has 0 saturated carbocycles. The number of nitriles is 1. The van der Waals surface area contributed by atoms with Gasteiger partial charge < -0.3 is 0 Å². The summed E-state index contributed by atoms with van der Waals surface area (Å²) in [4.78, 5) is 5.31. The van der Waals surface area contributed by atoms with Gasteiger partial charge in [0, 0.05) is 27.1 Å². The van der Waals surface area contributed by atoms with E-state index in [1.807, 2.05) is 24.3 Å². The van der Waals surface area contributed by atoms with E-state index in [1.165, 1.54) is 32.7 Å². The van der Waals surface area contributed by atoms with Crippen molar-refractivity contribution >= 4 is 43.4 Å². The van der Waals surface area contributed by atoms with Crippen LogP contribution in [0.5, 0.6) is 0 Å². The van der Waals surface area contributed by atoms with Gasteiger partial charge in [-0.2, -0.15) is 5.26 Å². The fraction of sp³-hybridized carbons (Fsp3) is 0.0244. The Morgan fingerprint density at radius 1 is 0.419 bits per heavy atom. The van der Waals surface area contributed by atoms with E-state index in [0.717, 1.165) is 44.1 Å². The van der Waals surface area contributed by atoms with Crippen molar-refractivity contribution < 1.29 is 0 Å². The number of hydrogen-bond donors (Lipinski definition) is 0. The molecule has 0 radical (unpaired) electrons. The molecular weight excluding hydrogens is 520 g/mol. The van der Waals surface area contributed by atoms with Gasteiger partial charge in [0.1, 0.15) is 0 Å². The quantitative estimate of drug-likeness (QED) is 0.163. The lowest BCUT2D eigenvalue weighted by Gasteiger charge is -2.15. The zero-order chi connectivity index (χ0) is 28.0. The van der Waals surface area contributed by atoms with E-state index in [-0.39, 0.29) is 7.43 Å². The van der Waals surface area contributed by atoms with E-state index in [1.54, 1.807) is 0 Å². The summed E-state index contributed by atoms with van der Waals surface area (Å²) in [5.74, 6) is 0. The Balaban J connectivity index is 0.00000300. The second-order valence-corrected chi connectivity index (χ2v) is 10.7. The normalized spacial score (nSPS) is 11.0. The number of nitrogens with zero attached hydrogens (tertiary/aromatic N) is 2. The van der Waals surface area contributed by atoms with Gasteiger partial charge in [0.25, 0.3) is 0 Å². The van der Waals surface area contributed by atoms with Crippen LogP contribution < -0.4 is 0 Å². The summed E-state index contributed by atoms with van der Waals surface area (Å²) >= 11 is 0. The molecule has 2 nitrogen and oxygen atoms in total. The van der Waals surface area contributed by atoms with Gasteiger partial charge in [0.2, 0.25) is 0 Å². The molecule has 0 aliphatic heterocycles. The van der Waals surface area contributed by atoms with Crippen molar-refractivity contribution in [1.29, 1.82) is 5.26 Å². The van der Waals surface area contributed by atoms with Crippen molar-refractivity contribution in [3.63, 3.8) is 0 Å². The van der Waals surface area contributed by atoms with Crippen LogP contribution in [0.4, 0.5) is 0 Å². The molecule has 0 unspecified atom stereocenters. The highest BCUT2D eigenvalue weighted by molar-refractivity contribution is 6.21. The molecule has 1 heterocycles. The summed E-state index contributed by atoms with van der Waals surface area (Å²) in [6.45, 7) is 0. The van der Waals surface area contributed by atoms with Gasteiger partial charge in [-0.05, 0) is 50.7 Å². The van der Waals surface area contributed by atoms with E-state index in [9.17, 15) is 5.26 Å². The lowest BCUT2D eigenvalue weighted by molar-refractivity contribution is 1.48. The average molecular weight is 549 g/mol. The molecule has 8 aromatic rings. The van der Waals surface area contributed by atoms with Crippen LogP contribution in [0, 0.1) is 11.3 Å². The fourth-order valence-corrected chi connectivity index (χ4v) is 6.18. The van der Waals surface area contributed by atoms with Crippen molar-refractivity contribution in [2.75, 3.05) is 0 Å². The Bertz CT molecular complexity index is 2250. The second-order valence-electron chi connectivity index (χ2n) is 10.7. The van der Waals surface area contributed by atoms with Crippen molar-refractivity contribution in [3.05, 3.63) is 151 Å². The van der Waals surface area contributed by atoms with Crippen LogP contribution in [0.15, 0.2) is 146 Å². The Labute approximate surface area is 251 Å². The topological polar surface area (TPSA) is 36.7 Å². The highest BCUT2D eigenvalue weighted by atomic mass is 14.7. The van der Waals surface area contributed by atoms with Crippen LogP contribution in [0.25, 0.3) is 76.7 Å². The molecule has 0 aliphatic carbocycles. The van der Waals surface area contributed by atoms with Crippen LogP contribution in [-0.4, -0.2) is 4.98 Å². The minimum absolute atomic E-state index is 0. The third kappa shape index (κ3) is 4.40. The zero-order valence-electron chi connectivity index (χ0n) is 22.8. The summed E-state index contributed by atoms with van der Waals surface area (Å²) in [5, 5.41) is 16.3. The first-order chi connectivity index (χ1) is 20.8. The smallest absolute Gasteiger partial charge is 0.0991 e. The molecule has 0 N–H and O–H groups in total. The summed E-state index contributed by atoms with van der Waals surface area (Å²) in [7, 11) is 0. The predicted octanol–water partition coefficient (Wildman–Crippen LogP) is 11.2. The molecule has 202 valence electrons. The van der Waals surface area contributed by atoms with Crippen LogP contribution in [0.2, 0.25) is 0 Å². The minimum Gasteiger partial charge on any atom is -0.246 e. The van der Waals surface area contributed by atoms with E-state index < -0.39 is 0 Å². The van der Waals surface area contributed by atoms with Crippen LogP contribution in [0.3, 0.4) is 0 Å². The minimum atomic E-state index is 0. The molecule has 0 bridgehead atoms. The molecule has 8 rings (SSSR count). The van der Waals surface area contributed by atoms with Crippen LogP contribution in [-0.2, 0) is 0 Å². The number of benzene rings is 7. The van der Waals surface area contributed by atoms with Crippen molar-refractivity contribution in [2.45, 2.75) is 7.43 Å². The monoisotopic (exact) mass is 548 g/mol. The van der Waals surface area contributed by atoms with Gasteiger partial charge in [-0.3, -0.25) is 0 Å². The molecule has 0 atom stereocenters. The zero-order valence-corrected chi connectivity index (χ0v) is 22.8. The summed E-state index contributed by atoms with van der Waals surface area (Å²) < 4.78 is 0. The maximum atomic E-state index is 9.26. The van der Waals surface area contributed by atoms with Crippen LogP contribution >= 0.6 is 0 Å². The summed E-state index contributed by atoms with van der Waals surface area (Å²) in [6.07, 6.45) is 0. The average Bonchev–Trinajstić information content (AvgIpc) is 3.07. The van der Waals surface area contributed by atoms with Crippen molar-refractivity contribution in [3.8, 4) is 39.4 Å². The lowest BCUT2D eigenvalue weighted by Crippen LogP contribution is -1.92. The Morgan fingerprint density at radius 3 is 1.44 bits per heavy atom. The molecule has 2 heteroatoms. The molecule has 0 fully saturated rings. The molecule has 7 aromatic carbocycles. The van der Waals surface area contributed by atoms with Gasteiger partial charge >= 0.3 is 0 Å². The number of fused-ring (bicyclic) bond motifs is 6. The largest absolute Gasteiger partial charge is 0.246 e. The summed E-state index contributed by atoms with van der Waals surface area (Å²) in [6, 6.07) is 53.3. The first kappa shape index (κ1) is 26.1. The molecule has 0 amide bonds. The molecular formula is C41H28N2. The Hall–Kier alpha value is -5.78. The van der Waals surface area contributed by atoms with Crippen molar-refractivity contribution in [2.24, 2.45) is 0 Å². The van der Waals surface area contributed by atoms with E-state index in [0.29, 0.717) is 5.56 Å². The Morgan fingerprint density at radius 2 is 0.907 bits per heavy atom. The van der Waals surface area contributed by atoms with Crippen molar-refractivity contribution in [1.82, 2.24) is 4.98 Å². The molecule has 1 aromatic heterocycles. The highest BCUT2D eigenvalue weighted by Crippen LogP contribution is 2.40. The number of hydrogen-bond acceptors (Lipinski definition) is 2. The van der Waals surface area contributed by atoms with E-state index in [4.69, 9.17) is 4.98 Å². The molecule has 0 spiro atoms. The number of aromatic nitrogens is 1. The number of rotatable bonds is 3. The molecule has 43 heavy (non-hydrogen) atoms. The highest BCUT2D eigenvalue weighted by Gasteiger charge is 2.15. The summed E-state index contributed by atoms with van der Waals surface area (Å²) in [5.41, 5.74) is 9.59. The van der Waals surface area contributed by atoms with Crippen LogP contribution in [0.1, 0.15) is 13.0 Å². The molecule has 0 aliphatic rings. The van der Waals surface area contributed by atoms with Gasteiger partial charge in [-0.1, -0.05) is 141 Å². The van der Waals surface area contributed by atoms with Gasteiger partial charge in [-0.25, -0.2) is 4.98 Å². The lowest BCUT2D eigenvalue weighted by atomic mass is 9.91. The SMILES string of the molecule is C.N#Cc1cccc(-c2ccc(-c3ccc(-c4c5ccc6ccccc6c5nc5c4ccc4ccccc45)cc3)cc2)c1. The van der Waals surface area contributed by atoms with Gasteiger partial charge in [0.05, 0.1) is 22.7 Å². The predicted molar refractivity (Wildman–Crippen MR) is 182 cm³/mol. The number of pyridine rings is 1. The Kier molecular flexibility index (Phi) is 6.42. The standard InChI is InChI=1S/C40H24N2.CH4/c41-25-26-6-5-9-33(24-26)29-14-12-27(13-15-29)28-16-18-32(19-17-28)38-36-22-20-30-7-1-3-10-34(30)39(36)42-40-35-11-4-2-8-31(35)21-23-37(38)40;/h1-24H;1H4. The first-order valence-electron chi connectivity index (χ1n) is 14.1. The van der Waals surface area contributed by atoms with Gasteiger partial charge in [-0.15, -0.1) is 0 Å². The van der Waals surface area contributed by atoms with E-state index >= 15 is 0 Å². The molecule has 0 saturated heterocycles. The maximum absolute atomic E-state index is 9.26. The fourth-order valence-electron chi connectivity index (χ4n) is 6.18. The first-order valence-corrected chi connectivity index (χ1v) is 14.1. The second kappa shape index (κ2) is 10.6. The third-order valence-electron chi connectivity index (χ3n) is 8.28. The maximum Gasteiger partial charge on any atom is 0.0991 e.